The number of hydrogen-bond donors (Lipinski definition) is 1. The maximum absolute atomic E-state index is 12.5. The fourth-order valence-corrected chi connectivity index (χ4v) is 3.54. The molecule has 0 radical (unpaired) electrons. The number of para-hydroxylation sites is 1. The van der Waals surface area contributed by atoms with E-state index in [1.165, 1.54) is 6.07 Å². The first kappa shape index (κ1) is 18.8. The highest BCUT2D eigenvalue weighted by molar-refractivity contribution is 5.86. The molecule has 3 heterocycles. The van der Waals surface area contributed by atoms with Crippen molar-refractivity contribution >= 4 is 33.6 Å². The number of aromatic nitrogens is 2. The highest BCUT2D eigenvalue weighted by Gasteiger charge is 2.16. The normalized spacial score (nSPS) is 11.3. The molecule has 8 nitrogen and oxygen atoms in total. The Morgan fingerprint density at radius 2 is 1.68 bits per heavy atom. The second-order valence-corrected chi connectivity index (χ2v) is 7.39. The summed E-state index contributed by atoms with van der Waals surface area (Å²) in [5.74, 6) is 0.0558. The molecule has 31 heavy (non-hydrogen) atoms. The Morgan fingerprint density at radius 1 is 0.839 bits per heavy atom. The molecule has 0 atom stereocenters. The molecule has 2 aromatic carbocycles. The third-order valence-electron chi connectivity index (χ3n) is 5.15. The monoisotopic (exact) mass is 415 g/mol. The summed E-state index contributed by atoms with van der Waals surface area (Å²) < 4.78 is 16.4. The van der Waals surface area contributed by atoms with Crippen LogP contribution in [0.4, 0.5) is 11.7 Å². The molecule has 0 fully saturated rings. The average Bonchev–Trinajstić information content (AvgIpc) is 3.17. The van der Waals surface area contributed by atoms with Crippen molar-refractivity contribution in [1.82, 2.24) is 10.2 Å². The van der Waals surface area contributed by atoms with Crippen molar-refractivity contribution in [2.45, 2.75) is 20.8 Å². The molecule has 5 rings (SSSR count). The minimum absolute atomic E-state index is 0.0558. The van der Waals surface area contributed by atoms with Crippen molar-refractivity contribution in [3.8, 4) is 11.5 Å². The lowest BCUT2D eigenvalue weighted by Gasteiger charge is -2.08. The van der Waals surface area contributed by atoms with Crippen LogP contribution in [0.1, 0.15) is 16.7 Å². The lowest BCUT2D eigenvalue weighted by atomic mass is 10.1. The lowest BCUT2D eigenvalue weighted by molar-refractivity contribution is 0.546. The maximum Gasteiger partial charge on any atom is 0.349 e. The summed E-state index contributed by atoms with van der Waals surface area (Å²) in [4.78, 5) is 24.1. The van der Waals surface area contributed by atoms with Gasteiger partial charge in [-0.05, 0) is 55.7 Å². The second kappa shape index (κ2) is 6.94. The van der Waals surface area contributed by atoms with Gasteiger partial charge in [0, 0.05) is 22.5 Å². The van der Waals surface area contributed by atoms with Crippen LogP contribution in [0, 0.1) is 20.8 Å². The number of nitrogens with one attached hydrogen (secondary N) is 1. The lowest BCUT2D eigenvalue weighted by Crippen LogP contribution is -2.03. The molecule has 0 saturated heterocycles. The maximum atomic E-state index is 12.5. The molecule has 0 unspecified atom stereocenters. The van der Waals surface area contributed by atoms with Crippen LogP contribution >= 0.6 is 0 Å². The van der Waals surface area contributed by atoms with E-state index in [9.17, 15) is 9.59 Å². The fourth-order valence-electron chi connectivity index (χ4n) is 3.54. The minimum Gasteiger partial charge on any atom is -0.423 e. The first-order valence-electron chi connectivity index (χ1n) is 9.58. The van der Waals surface area contributed by atoms with E-state index in [-0.39, 0.29) is 17.5 Å². The molecule has 3 aromatic heterocycles. The van der Waals surface area contributed by atoms with Crippen LogP contribution in [-0.2, 0) is 0 Å². The average molecular weight is 415 g/mol. The van der Waals surface area contributed by atoms with E-state index < -0.39 is 11.3 Å². The Labute approximate surface area is 175 Å². The van der Waals surface area contributed by atoms with Gasteiger partial charge in [0.05, 0.1) is 0 Å². The molecule has 0 bridgehead atoms. The number of hydrogen-bond acceptors (Lipinski definition) is 8. The molecule has 1 N–H and O–H groups in total. The van der Waals surface area contributed by atoms with E-state index in [1.54, 1.807) is 12.1 Å². The summed E-state index contributed by atoms with van der Waals surface area (Å²) in [5, 5.41) is 12.6. The Kier molecular flexibility index (Phi) is 4.21. The highest BCUT2D eigenvalue weighted by atomic mass is 16.4. The van der Waals surface area contributed by atoms with Crippen molar-refractivity contribution in [3.05, 3.63) is 80.0 Å². The topological polar surface area (TPSA) is 111 Å². The van der Waals surface area contributed by atoms with Gasteiger partial charge in [0.1, 0.15) is 16.7 Å². The van der Waals surface area contributed by atoms with Gasteiger partial charge in [0.15, 0.2) is 0 Å². The van der Waals surface area contributed by atoms with E-state index >= 15 is 0 Å². The molecule has 5 aromatic rings. The van der Waals surface area contributed by atoms with Crippen LogP contribution in [0.3, 0.4) is 0 Å². The first-order valence-corrected chi connectivity index (χ1v) is 9.58. The van der Waals surface area contributed by atoms with Gasteiger partial charge in [-0.2, -0.15) is 0 Å². The predicted octanol–water partition coefficient (Wildman–Crippen LogP) is 4.62. The van der Waals surface area contributed by atoms with E-state index in [0.29, 0.717) is 16.9 Å². The largest absolute Gasteiger partial charge is 0.423 e. The van der Waals surface area contributed by atoms with Crippen molar-refractivity contribution < 1.29 is 13.3 Å². The van der Waals surface area contributed by atoms with Crippen LogP contribution in [0.2, 0.25) is 0 Å². The number of fused-ring (bicyclic) bond motifs is 2. The summed E-state index contributed by atoms with van der Waals surface area (Å²) in [7, 11) is 0. The second-order valence-electron chi connectivity index (χ2n) is 7.39. The molecule has 8 heteroatoms. The van der Waals surface area contributed by atoms with Gasteiger partial charge in [0.25, 0.3) is 5.89 Å². The van der Waals surface area contributed by atoms with Gasteiger partial charge in [0.2, 0.25) is 0 Å². The summed E-state index contributed by atoms with van der Waals surface area (Å²) >= 11 is 0. The van der Waals surface area contributed by atoms with Crippen LogP contribution < -0.4 is 16.6 Å². The van der Waals surface area contributed by atoms with Gasteiger partial charge in [-0.3, -0.25) is 0 Å². The van der Waals surface area contributed by atoms with E-state index in [4.69, 9.17) is 13.3 Å². The Hall–Kier alpha value is -4.20. The van der Waals surface area contributed by atoms with Crippen LogP contribution in [-0.4, -0.2) is 10.2 Å². The zero-order chi connectivity index (χ0) is 21.7. The van der Waals surface area contributed by atoms with Crippen molar-refractivity contribution in [2.24, 2.45) is 0 Å². The smallest absolute Gasteiger partial charge is 0.349 e. The molecule has 0 spiro atoms. The standard InChI is InChI=1S/C23H17N3O5/c1-11-5-4-6-14-9-16(22(28)30-20(11)14)21-25-26-23(31-21)24-17-10-15-12(2)8-19(27)29-18(15)7-13(17)3/h4-10H,1-3H3,(H,24,26). The minimum atomic E-state index is -0.551. The zero-order valence-corrected chi connectivity index (χ0v) is 17.0. The Balaban J connectivity index is 1.53. The number of benzene rings is 2. The van der Waals surface area contributed by atoms with Crippen LogP contribution in [0.25, 0.3) is 33.4 Å². The van der Waals surface area contributed by atoms with Gasteiger partial charge in [-0.1, -0.05) is 23.3 Å². The van der Waals surface area contributed by atoms with Gasteiger partial charge in [-0.25, -0.2) is 9.59 Å². The number of anilines is 2. The molecule has 154 valence electrons. The van der Waals surface area contributed by atoms with Gasteiger partial charge in [-0.15, -0.1) is 5.10 Å². The SMILES string of the molecule is Cc1cc2oc(=O)cc(C)c2cc1Nc1nnc(-c2cc3cccc(C)c3oc2=O)o1. The summed E-state index contributed by atoms with van der Waals surface area (Å²) in [6.07, 6.45) is 0. The highest BCUT2D eigenvalue weighted by Crippen LogP contribution is 2.29. The van der Waals surface area contributed by atoms with Crippen molar-refractivity contribution in [3.63, 3.8) is 0 Å². The summed E-state index contributed by atoms with van der Waals surface area (Å²) in [6.45, 7) is 5.57. The molecule has 0 aliphatic rings. The fraction of sp³-hybridized carbons (Fsp3) is 0.130. The number of nitrogens with zero attached hydrogens (tertiary/aromatic N) is 2. The Bertz CT molecular complexity index is 1590. The van der Waals surface area contributed by atoms with E-state index in [2.05, 4.69) is 15.5 Å². The van der Waals surface area contributed by atoms with Gasteiger partial charge < -0.3 is 18.6 Å². The van der Waals surface area contributed by atoms with Crippen molar-refractivity contribution in [2.75, 3.05) is 5.32 Å². The molecule has 0 amide bonds. The molecule has 0 aliphatic heterocycles. The van der Waals surface area contributed by atoms with E-state index in [1.807, 2.05) is 45.0 Å². The van der Waals surface area contributed by atoms with Gasteiger partial charge >= 0.3 is 17.3 Å². The molecular weight excluding hydrogens is 398 g/mol. The third-order valence-corrected chi connectivity index (χ3v) is 5.15. The number of aryl methyl sites for hydroxylation is 3. The quantitative estimate of drug-likeness (QED) is 0.425. The predicted molar refractivity (Wildman–Crippen MR) is 116 cm³/mol. The van der Waals surface area contributed by atoms with E-state index in [0.717, 1.165) is 27.5 Å². The molecule has 0 aliphatic carbocycles. The first-order chi connectivity index (χ1) is 14.9. The van der Waals surface area contributed by atoms with Crippen LogP contribution in [0.5, 0.6) is 0 Å². The summed E-state index contributed by atoms with van der Waals surface area (Å²) in [6, 6.07) is 12.5. The molecule has 0 saturated carbocycles. The Morgan fingerprint density at radius 3 is 2.52 bits per heavy atom. The third kappa shape index (κ3) is 3.28. The summed E-state index contributed by atoms with van der Waals surface area (Å²) in [5.41, 5.74) is 3.47. The molecular formula is C23H17N3O5. The zero-order valence-electron chi connectivity index (χ0n) is 17.0. The van der Waals surface area contributed by atoms with Crippen molar-refractivity contribution in [1.29, 1.82) is 0 Å². The van der Waals surface area contributed by atoms with Crippen LogP contribution in [0.15, 0.2) is 65.3 Å². The number of rotatable bonds is 3.